The standard InChI is InChI=1S/C15H27N5/c1-12(2)16-10-13-7-8-15(18-17-13)20(4)11-14-6-5-9-19(14)3/h7-8,12,14,16H,5-6,9-11H2,1-4H3. The minimum absolute atomic E-state index is 0.469. The van der Waals surface area contributed by atoms with Crippen LogP contribution < -0.4 is 10.2 Å². The van der Waals surface area contributed by atoms with Gasteiger partial charge in [0, 0.05) is 32.2 Å². The van der Waals surface area contributed by atoms with Crippen LogP contribution in [0.15, 0.2) is 12.1 Å². The summed E-state index contributed by atoms with van der Waals surface area (Å²) < 4.78 is 0. The second-order valence-electron chi connectivity index (χ2n) is 6.08. The Morgan fingerprint density at radius 2 is 2.20 bits per heavy atom. The van der Waals surface area contributed by atoms with Crippen LogP contribution in [-0.2, 0) is 6.54 Å². The minimum Gasteiger partial charge on any atom is -0.357 e. The number of anilines is 1. The van der Waals surface area contributed by atoms with E-state index >= 15 is 0 Å². The Kier molecular flexibility index (Phi) is 5.31. The van der Waals surface area contributed by atoms with Crippen molar-refractivity contribution in [1.82, 2.24) is 20.4 Å². The molecule has 1 aromatic rings. The first-order valence-electron chi connectivity index (χ1n) is 7.53. The van der Waals surface area contributed by atoms with Crippen LogP contribution in [0.3, 0.4) is 0 Å². The zero-order chi connectivity index (χ0) is 14.5. The fourth-order valence-electron chi connectivity index (χ4n) is 2.58. The maximum Gasteiger partial charge on any atom is 0.151 e. The normalized spacial score (nSPS) is 19.8. The van der Waals surface area contributed by atoms with Crippen molar-refractivity contribution in [1.29, 1.82) is 0 Å². The van der Waals surface area contributed by atoms with Crippen LogP contribution >= 0.6 is 0 Å². The highest BCUT2D eigenvalue weighted by molar-refractivity contribution is 5.36. The molecule has 1 N–H and O–H groups in total. The van der Waals surface area contributed by atoms with Gasteiger partial charge in [-0.1, -0.05) is 13.8 Å². The van der Waals surface area contributed by atoms with Crippen LogP contribution in [0.25, 0.3) is 0 Å². The van der Waals surface area contributed by atoms with Gasteiger partial charge in [-0.3, -0.25) is 0 Å². The molecular formula is C15H27N5. The van der Waals surface area contributed by atoms with Crippen molar-refractivity contribution in [3.05, 3.63) is 17.8 Å². The first-order chi connectivity index (χ1) is 9.56. The van der Waals surface area contributed by atoms with Crippen LogP contribution in [0.2, 0.25) is 0 Å². The van der Waals surface area contributed by atoms with Gasteiger partial charge in [0.15, 0.2) is 5.82 Å². The second kappa shape index (κ2) is 6.99. The number of likely N-dealkylation sites (tertiary alicyclic amines) is 1. The predicted molar refractivity (Wildman–Crippen MR) is 82.9 cm³/mol. The van der Waals surface area contributed by atoms with E-state index in [2.05, 4.69) is 65.4 Å². The van der Waals surface area contributed by atoms with E-state index in [4.69, 9.17) is 0 Å². The van der Waals surface area contributed by atoms with Gasteiger partial charge in [-0.15, -0.1) is 5.10 Å². The average Bonchev–Trinajstić information content (AvgIpc) is 2.82. The maximum absolute atomic E-state index is 4.34. The summed E-state index contributed by atoms with van der Waals surface area (Å²) >= 11 is 0. The lowest BCUT2D eigenvalue weighted by molar-refractivity contribution is 0.314. The Balaban J connectivity index is 1.88. The van der Waals surface area contributed by atoms with E-state index in [9.17, 15) is 0 Å². The Morgan fingerprint density at radius 3 is 2.75 bits per heavy atom. The largest absolute Gasteiger partial charge is 0.357 e. The predicted octanol–water partition coefficient (Wildman–Crippen LogP) is 1.50. The Morgan fingerprint density at radius 1 is 1.40 bits per heavy atom. The smallest absolute Gasteiger partial charge is 0.151 e. The fraction of sp³-hybridized carbons (Fsp3) is 0.733. The lowest BCUT2D eigenvalue weighted by atomic mass is 10.2. The molecule has 0 spiro atoms. The van der Waals surface area contributed by atoms with Crippen LogP contribution in [0.4, 0.5) is 5.82 Å². The number of nitrogens with one attached hydrogen (secondary N) is 1. The lowest BCUT2D eigenvalue weighted by Crippen LogP contribution is -2.37. The summed E-state index contributed by atoms with van der Waals surface area (Å²) in [6, 6.07) is 5.24. The molecular weight excluding hydrogens is 250 g/mol. The summed E-state index contributed by atoms with van der Waals surface area (Å²) in [6.07, 6.45) is 2.59. The summed E-state index contributed by atoms with van der Waals surface area (Å²) in [4.78, 5) is 4.64. The molecule has 20 heavy (non-hydrogen) atoms. The van der Waals surface area contributed by atoms with Crippen molar-refractivity contribution in [2.75, 3.05) is 32.1 Å². The van der Waals surface area contributed by atoms with Gasteiger partial charge < -0.3 is 15.1 Å². The van der Waals surface area contributed by atoms with Gasteiger partial charge in [-0.05, 0) is 38.6 Å². The third-order valence-electron chi connectivity index (χ3n) is 3.94. The van der Waals surface area contributed by atoms with Gasteiger partial charge in [-0.2, -0.15) is 5.10 Å². The first-order valence-corrected chi connectivity index (χ1v) is 7.53. The first kappa shape index (κ1) is 15.2. The zero-order valence-corrected chi connectivity index (χ0v) is 13.1. The molecule has 2 heterocycles. The van der Waals surface area contributed by atoms with Crippen molar-refractivity contribution >= 4 is 5.82 Å². The minimum atomic E-state index is 0.469. The van der Waals surface area contributed by atoms with Crippen LogP contribution in [0.1, 0.15) is 32.4 Å². The number of nitrogens with zero attached hydrogens (tertiary/aromatic N) is 4. The molecule has 1 fully saturated rings. The van der Waals surface area contributed by atoms with Gasteiger partial charge in [0.05, 0.1) is 5.69 Å². The number of rotatable bonds is 6. The molecule has 0 bridgehead atoms. The summed E-state index contributed by atoms with van der Waals surface area (Å²) in [6.45, 7) is 7.28. The Labute approximate surface area is 122 Å². The molecule has 0 aromatic carbocycles. The van der Waals surface area contributed by atoms with E-state index in [0.717, 1.165) is 24.6 Å². The number of likely N-dealkylation sites (N-methyl/N-ethyl adjacent to an activating group) is 2. The molecule has 0 radical (unpaired) electrons. The van der Waals surface area contributed by atoms with Crippen molar-refractivity contribution in [2.24, 2.45) is 0 Å². The van der Waals surface area contributed by atoms with E-state index < -0.39 is 0 Å². The molecule has 5 nitrogen and oxygen atoms in total. The van der Waals surface area contributed by atoms with E-state index in [1.165, 1.54) is 19.4 Å². The third-order valence-corrected chi connectivity index (χ3v) is 3.94. The Hall–Kier alpha value is -1.20. The average molecular weight is 277 g/mol. The fourth-order valence-corrected chi connectivity index (χ4v) is 2.58. The summed E-state index contributed by atoms with van der Waals surface area (Å²) in [5.41, 5.74) is 0.994. The number of aromatic nitrogens is 2. The van der Waals surface area contributed by atoms with Gasteiger partial charge >= 0.3 is 0 Å². The van der Waals surface area contributed by atoms with Gasteiger partial charge in [0.1, 0.15) is 0 Å². The zero-order valence-electron chi connectivity index (χ0n) is 13.1. The molecule has 1 aromatic heterocycles. The molecule has 1 atom stereocenters. The van der Waals surface area contributed by atoms with E-state index in [1.807, 2.05) is 0 Å². The highest BCUT2D eigenvalue weighted by Crippen LogP contribution is 2.17. The van der Waals surface area contributed by atoms with Gasteiger partial charge in [0.2, 0.25) is 0 Å². The van der Waals surface area contributed by atoms with E-state index in [1.54, 1.807) is 0 Å². The summed E-state index contributed by atoms with van der Waals surface area (Å²) in [5.74, 6) is 0.957. The Bertz CT molecular complexity index is 403. The number of hydrogen-bond donors (Lipinski definition) is 1. The van der Waals surface area contributed by atoms with Crippen molar-refractivity contribution < 1.29 is 0 Å². The second-order valence-corrected chi connectivity index (χ2v) is 6.08. The SMILES string of the molecule is CC(C)NCc1ccc(N(C)CC2CCCN2C)nn1. The monoisotopic (exact) mass is 277 g/mol. The molecule has 112 valence electrons. The number of hydrogen-bond acceptors (Lipinski definition) is 5. The summed E-state index contributed by atoms with van der Waals surface area (Å²) in [7, 11) is 4.31. The summed E-state index contributed by atoms with van der Waals surface area (Å²) in [5, 5.41) is 12.0. The highest BCUT2D eigenvalue weighted by Gasteiger charge is 2.22. The third kappa shape index (κ3) is 4.15. The van der Waals surface area contributed by atoms with Crippen molar-refractivity contribution in [3.8, 4) is 0 Å². The molecule has 0 amide bonds. The molecule has 1 unspecified atom stereocenters. The molecule has 0 saturated carbocycles. The molecule has 0 aliphatic carbocycles. The van der Waals surface area contributed by atoms with E-state index in [0.29, 0.717) is 12.1 Å². The lowest BCUT2D eigenvalue weighted by Gasteiger charge is -2.26. The highest BCUT2D eigenvalue weighted by atomic mass is 15.3. The van der Waals surface area contributed by atoms with Crippen molar-refractivity contribution in [3.63, 3.8) is 0 Å². The van der Waals surface area contributed by atoms with E-state index in [-0.39, 0.29) is 0 Å². The maximum atomic E-state index is 4.34. The molecule has 1 aliphatic rings. The van der Waals surface area contributed by atoms with Crippen molar-refractivity contribution in [2.45, 2.75) is 45.3 Å². The molecule has 1 saturated heterocycles. The van der Waals surface area contributed by atoms with Crippen LogP contribution in [0, 0.1) is 0 Å². The van der Waals surface area contributed by atoms with Gasteiger partial charge in [0.25, 0.3) is 0 Å². The molecule has 5 heteroatoms. The quantitative estimate of drug-likeness (QED) is 0.854. The molecule has 1 aliphatic heterocycles. The van der Waals surface area contributed by atoms with Crippen LogP contribution in [-0.4, -0.2) is 54.4 Å². The topological polar surface area (TPSA) is 44.3 Å². The molecule has 2 rings (SSSR count). The van der Waals surface area contributed by atoms with Crippen LogP contribution in [0.5, 0.6) is 0 Å². The van der Waals surface area contributed by atoms with Gasteiger partial charge in [-0.25, -0.2) is 0 Å².